The number of ether oxygens (including phenoxy) is 1. The molecule has 0 aliphatic carbocycles. The van der Waals surface area contributed by atoms with Gasteiger partial charge in [0.25, 0.3) is 0 Å². The molecule has 24 heavy (non-hydrogen) atoms. The van der Waals surface area contributed by atoms with Crippen molar-refractivity contribution in [3.63, 3.8) is 0 Å². The molecule has 0 bridgehead atoms. The molecular weight excluding hydrogens is 340 g/mol. The van der Waals surface area contributed by atoms with Crippen LogP contribution in [-0.2, 0) is 6.54 Å². The van der Waals surface area contributed by atoms with Gasteiger partial charge in [-0.3, -0.25) is 4.57 Å². The molecule has 0 spiro atoms. The maximum absolute atomic E-state index is 10.2. The Morgan fingerprint density at radius 1 is 1.25 bits per heavy atom. The van der Waals surface area contributed by atoms with Gasteiger partial charge < -0.3 is 14.7 Å². The third-order valence-electron chi connectivity index (χ3n) is 4.17. The van der Waals surface area contributed by atoms with Crippen LogP contribution in [-0.4, -0.2) is 16.2 Å². The molecule has 0 fully saturated rings. The van der Waals surface area contributed by atoms with E-state index in [0.29, 0.717) is 21.3 Å². The van der Waals surface area contributed by atoms with E-state index in [0.717, 1.165) is 18.0 Å². The molecule has 1 aliphatic heterocycles. The van der Waals surface area contributed by atoms with Crippen LogP contribution in [0.3, 0.4) is 0 Å². The summed E-state index contributed by atoms with van der Waals surface area (Å²) in [5.41, 5.74) is 6.66. The molecule has 126 valence electrons. The molecule has 1 aromatic heterocycles. The van der Waals surface area contributed by atoms with Gasteiger partial charge in [-0.1, -0.05) is 5.73 Å². The lowest BCUT2D eigenvalue weighted by atomic mass is 10.1. The van der Waals surface area contributed by atoms with Gasteiger partial charge in [0.15, 0.2) is 9.70 Å². The van der Waals surface area contributed by atoms with Crippen LogP contribution in [0.1, 0.15) is 29.9 Å². The highest BCUT2D eigenvalue weighted by atomic mass is 32.1. The Bertz CT molecular complexity index is 918. The molecule has 1 aromatic carbocycles. The number of aromatic hydroxyl groups is 1. The number of benzene rings is 1. The number of hydrogen-bond acceptors (Lipinski definition) is 5. The van der Waals surface area contributed by atoms with Crippen molar-refractivity contribution in [3.8, 4) is 11.6 Å². The molecule has 1 N–H and O–H groups in total. The van der Waals surface area contributed by atoms with Gasteiger partial charge in [0.05, 0.1) is 10.6 Å². The molecule has 0 amide bonds. The maximum atomic E-state index is 10.2. The number of fused-ring (bicyclic) bond motifs is 1. The van der Waals surface area contributed by atoms with Gasteiger partial charge in [0.2, 0.25) is 11.8 Å². The van der Waals surface area contributed by atoms with E-state index >= 15 is 0 Å². The van der Waals surface area contributed by atoms with Crippen LogP contribution < -0.4 is 9.64 Å². The van der Waals surface area contributed by atoms with Crippen LogP contribution in [0, 0.1) is 17.8 Å². The van der Waals surface area contributed by atoms with Crippen LogP contribution in [0.2, 0.25) is 0 Å². The second-order valence-electron chi connectivity index (χ2n) is 5.64. The first-order valence-corrected chi connectivity index (χ1v) is 9.14. The Morgan fingerprint density at radius 2 is 1.96 bits per heavy atom. The number of thiazole rings is 1. The Morgan fingerprint density at radius 3 is 2.58 bits per heavy atom. The van der Waals surface area contributed by atoms with Crippen LogP contribution in [0.5, 0.6) is 11.6 Å². The summed E-state index contributed by atoms with van der Waals surface area (Å²) in [5, 5.41) is 10.2. The van der Waals surface area contributed by atoms with Crippen LogP contribution in [0.15, 0.2) is 23.7 Å². The summed E-state index contributed by atoms with van der Waals surface area (Å²) in [6, 6.07) is 4.19. The zero-order chi connectivity index (χ0) is 17.4. The summed E-state index contributed by atoms with van der Waals surface area (Å²) in [7, 11) is 0. The van der Waals surface area contributed by atoms with E-state index in [4.69, 9.17) is 17.0 Å². The predicted molar refractivity (Wildman–Crippen MR) is 102 cm³/mol. The average Bonchev–Trinajstić information content (AvgIpc) is 3.02. The van der Waals surface area contributed by atoms with Crippen LogP contribution in [0.4, 0.5) is 5.69 Å². The normalized spacial score (nSPS) is 12.8. The van der Waals surface area contributed by atoms with E-state index in [9.17, 15) is 5.11 Å². The summed E-state index contributed by atoms with van der Waals surface area (Å²) in [6.07, 6.45) is 1.74. The van der Waals surface area contributed by atoms with Crippen molar-refractivity contribution in [1.82, 2.24) is 4.57 Å². The number of rotatable bonds is 3. The molecule has 4 nitrogen and oxygen atoms in total. The van der Waals surface area contributed by atoms with E-state index in [-0.39, 0.29) is 5.88 Å². The molecule has 6 heteroatoms. The lowest BCUT2D eigenvalue weighted by molar-refractivity contribution is 0.419. The first kappa shape index (κ1) is 16.8. The van der Waals surface area contributed by atoms with Gasteiger partial charge in [-0.15, -0.1) is 11.3 Å². The molecular formula is C18H20N2O2S2. The van der Waals surface area contributed by atoms with Gasteiger partial charge in [0, 0.05) is 19.2 Å². The molecule has 0 radical (unpaired) electrons. The molecule has 0 unspecified atom stereocenters. The first-order chi connectivity index (χ1) is 11.5. The zero-order valence-corrected chi connectivity index (χ0v) is 15.8. The third kappa shape index (κ3) is 2.77. The maximum Gasteiger partial charge on any atom is 0.246 e. The van der Waals surface area contributed by atoms with Crippen molar-refractivity contribution in [3.05, 3.63) is 43.7 Å². The molecule has 0 saturated carbocycles. The fourth-order valence-electron chi connectivity index (χ4n) is 2.67. The average molecular weight is 361 g/mol. The van der Waals surface area contributed by atoms with E-state index in [1.165, 1.54) is 22.5 Å². The number of anilines is 1. The van der Waals surface area contributed by atoms with Crippen molar-refractivity contribution < 1.29 is 9.84 Å². The first-order valence-electron chi connectivity index (χ1n) is 7.92. The second kappa shape index (κ2) is 6.48. The number of hydrogen-bond donors (Lipinski definition) is 1. The smallest absolute Gasteiger partial charge is 0.246 e. The van der Waals surface area contributed by atoms with Gasteiger partial charge >= 0.3 is 0 Å². The second-order valence-corrected chi connectivity index (χ2v) is 7.32. The molecule has 1 aliphatic rings. The Hall–Kier alpha value is -2.01. The summed E-state index contributed by atoms with van der Waals surface area (Å²) < 4.78 is 8.32. The number of aryl methyl sites for hydroxylation is 2. The van der Waals surface area contributed by atoms with E-state index in [1.54, 1.807) is 10.6 Å². The monoisotopic (exact) mass is 360 g/mol. The van der Waals surface area contributed by atoms with Crippen molar-refractivity contribution in [1.29, 1.82) is 0 Å². The minimum Gasteiger partial charge on any atom is -0.493 e. The van der Waals surface area contributed by atoms with Crippen molar-refractivity contribution in [2.45, 2.75) is 34.2 Å². The fraction of sp³-hybridized carbons (Fsp3) is 0.333. The van der Waals surface area contributed by atoms with Gasteiger partial charge in [-0.25, -0.2) is 0 Å². The minimum absolute atomic E-state index is 0.186. The van der Waals surface area contributed by atoms with Crippen LogP contribution in [0.25, 0.3) is 6.08 Å². The Labute approximate surface area is 150 Å². The SMILES string of the molecule is CCN1C(=C=Cc2sc(=S)n(CC)c2O)Oc2cc(C)c(C)cc21. The molecule has 2 heterocycles. The van der Waals surface area contributed by atoms with Crippen molar-refractivity contribution >= 4 is 35.3 Å². The highest BCUT2D eigenvalue weighted by Crippen LogP contribution is 2.40. The lowest BCUT2D eigenvalue weighted by Gasteiger charge is -2.14. The lowest BCUT2D eigenvalue weighted by Crippen LogP contribution is -2.18. The number of aromatic nitrogens is 1. The third-order valence-corrected chi connectivity index (χ3v) is 5.56. The van der Waals surface area contributed by atoms with Gasteiger partial charge in [-0.05, 0) is 63.2 Å². The number of nitrogens with zero attached hydrogens (tertiary/aromatic N) is 2. The highest BCUT2D eigenvalue weighted by molar-refractivity contribution is 7.73. The fourth-order valence-corrected chi connectivity index (χ4v) is 3.99. The molecule has 0 atom stereocenters. The van der Waals surface area contributed by atoms with Crippen LogP contribution >= 0.6 is 23.6 Å². The van der Waals surface area contributed by atoms with E-state index in [2.05, 4.69) is 43.5 Å². The summed E-state index contributed by atoms with van der Waals surface area (Å²) in [4.78, 5) is 2.77. The largest absolute Gasteiger partial charge is 0.493 e. The van der Waals surface area contributed by atoms with E-state index < -0.39 is 0 Å². The Kier molecular flexibility index (Phi) is 4.54. The van der Waals surface area contributed by atoms with Gasteiger partial charge in [-0.2, -0.15) is 0 Å². The Balaban J connectivity index is 2.04. The summed E-state index contributed by atoms with van der Waals surface area (Å²) >= 11 is 6.63. The summed E-state index contributed by atoms with van der Waals surface area (Å²) in [6.45, 7) is 9.62. The highest BCUT2D eigenvalue weighted by Gasteiger charge is 2.25. The molecule has 0 saturated heterocycles. The minimum atomic E-state index is 0.186. The predicted octanol–water partition coefficient (Wildman–Crippen LogP) is 4.99. The summed E-state index contributed by atoms with van der Waals surface area (Å²) in [5.74, 6) is 1.67. The molecule has 3 rings (SSSR count). The topological polar surface area (TPSA) is 37.6 Å². The zero-order valence-electron chi connectivity index (χ0n) is 14.2. The molecule has 2 aromatic rings. The van der Waals surface area contributed by atoms with Gasteiger partial charge in [0.1, 0.15) is 0 Å². The van der Waals surface area contributed by atoms with Crippen molar-refractivity contribution in [2.24, 2.45) is 0 Å². The van der Waals surface area contributed by atoms with E-state index in [1.807, 2.05) is 6.92 Å². The standard InChI is InChI=1S/C18H20N2O2S2/c1-5-19-13-9-11(3)12(4)10-14(13)22-16(19)8-7-15-17(21)20(6-2)18(23)24-15/h7,9-10,21H,5-6H2,1-4H3. The quantitative estimate of drug-likeness (QED) is 0.618. The van der Waals surface area contributed by atoms with Crippen molar-refractivity contribution in [2.75, 3.05) is 11.4 Å².